The zero-order valence-corrected chi connectivity index (χ0v) is 15.2. The lowest BCUT2D eigenvalue weighted by molar-refractivity contribution is -0.131. The van der Waals surface area contributed by atoms with E-state index in [4.69, 9.17) is 5.11 Å². The van der Waals surface area contributed by atoms with Crippen molar-refractivity contribution in [3.05, 3.63) is 33.8 Å². The molecule has 1 aliphatic heterocycles. The number of unbranched alkanes of at least 4 members (excludes halogenated alkanes) is 1. The fourth-order valence-electron chi connectivity index (χ4n) is 2.66. The molecule has 0 saturated heterocycles. The summed E-state index contributed by atoms with van der Waals surface area (Å²) in [5.41, 5.74) is 0.730. The quantitative estimate of drug-likeness (QED) is 0.682. The number of carbonyl (C=O) groups excluding carboxylic acids is 3. The highest BCUT2D eigenvalue weighted by atomic mass is 79.9. The summed E-state index contributed by atoms with van der Waals surface area (Å²) in [6.45, 7) is 2.82. The highest BCUT2D eigenvalue weighted by Gasteiger charge is 2.35. The number of amides is 3. The number of benzene rings is 1. The average Bonchev–Trinajstić information content (AvgIpc) is 2.80. The molecule has 1 aromatic rings. The van der Waals surface area contributed by atoms with E-state index in [1.54, 1.807) is 23.1 Å². The van der Waals surface area contributed by atoms with Crippen LogP contribution in [0.2, 0.25) is 0 Å². The maximum absolute atomic E-state index is 12.4. The number of rotatable bonds is 8. The van der Waals surface area contributed by atoms with Gasteiger partial charge in [0.2, 0.25) is 5.91 Å². The minimum Gasteiger partial charge on any atom is -0.395 e. The van der Waals surface area contributed by atoms with Crippen LogP contribution in [0, 0.1) is 0 Å². The molecule has 0 bridgehead atoms. The molecule has 0 radical (unpaired) electrons. The molecule has 3 amide bonds. The summed E-state index contributed by atoms with van der Waals surface area (Å²) in [6, 6.07) is 4.95. The number of hydrogen-bond donors (Lipinski definition) is 1. The van der Waals surface area contributed by atoms with E-state index in [0.717, 1.165) is 22.2 Å². The molecule has 2 rings (SSSR count). The van der Waals surface area contributed by atoms with Crippen LogP contribution in [-0.2, 0) is 4.79 Å². The van der Waals surface area contributed by atoms with Crippen molar-refractivity contribution >= 4 is 33.7 Å². The van der Waals surface area contributed by atoms with Crippen LogP contribution in [0.15, 0.2) is 22.7 Å². The maximum atomic E-state index is 12.4. The highest BCUT2D eigenvalue weighted by Crippen LogP contribution is 2.26. The molecule has 130 valence electrons. The van der Waals surface area contributed by atoms with Crippen molar-refractivity contribution in [3.8, 4) is 0 Å². The van der Waals surface area contributed by atoms with Crippen LogP contribution in [0.3, 0.4) is 0 Å². The Balaban J connectivity index is 2.00. The minimum atomic E-state index is -0.369. The van der Waals surface area contributed by atoms with Crippen LogP contribution in [0.4, 0.5) is 0 Å². The van der Waals surface area contributed by atoms with E-state index in [0.29, 0.717) is 17.7 Å². The molecule has 1 aliphatic rings. The first-order valence-corrected chi connectivity index (χ1v) is 8.83. The number of halogens is 1. The summed E-state index contributed by atoms with van der Waals surface area (Å²) in [7, 11) is 0. The van der Waals surface area contributed by atoms with Crippen LogP contribution in [0.25, 0.3) is 0 Å². The Morgan fingerprint density at radius 1 is 1.21 bits per heavy atom. The summed E-state index contributed by atoms with van der Waals surface area (Å²) in [5.74, 6) is -0.890. The molecule has 0 aliphatic carbocycles. The van der Waals surface area contributed by atoms with Crippen molar-refractivity contribution in [1.29, 1.82) is 0 Å². The predicted molar refractivity (Wildman–Crippen MR) is 92.7 cm³/mol. The molecule has 7 heteroatoms. The Bertz CT molecular complexity index is 647. The van der Waals surface area contributed by atoms with Gasteiger partial charge < -0.3 is 10.0 Å². The number of aliphatic hydroxyl groups excluding tert-OH is 1. The van der Waals surface area contributed by atoms with E-state index in [-0.39, 0.29) is 43.8 Å². The molecule has 1 heterocycles. The smallest absolute Gasteiger partial charge is 0.261 e. The zero-order valence-electron chi connectivity index (χ0n) is 13.6. The number of aliphatic hydroxyl groups is 1. The molecule has 0 saturated carbocycles. The van der Waals surface area contributed by atoms with Crippen molar-refractivity contribution in [3.63, 3.8) is 0 Å². The summed E-state index contributed by atoms with van der Waals surface area (Å²) < 4.78 is 0.731. The molecular formula is C17H21BrN2O4. The van der Waals surface area contributed by atoms with Gasteiger partial charge in [-0.15, -0.1) is 0 Å². The lowest BCUT2D eigenvalue weighted by atomic mass is 10.1. The molecule has 1 aromatic carbocycles. The third-order valence-corrected chi connectivity index (χ3v) is 4.48. The number of fused-ring (bicyclic) bond motifs is 1. The van der Waals surface area contributed by atoms with Gasteiger partial charge in [-0.3, -0.25) is 19.3 Å². The Kier molecular flexibility index (Phi) is 6.51. The van der Waals surface area contributed by atoms with E-state index in [1.807, 2.05) is 6.92 Å². The standard InChI is InChI=1S/C17H21BrN2O4/c1-2-3-7-19(9-10-21)15(22)6-8-20-16(23)13-5-4-12(18)11-14(13)17(20)24/h4-5,11,21H,2-3,6-10H2,1H3. The SMILES string of the molecule is CCCCN(CCO)C(=O)CCN1C(=O)c2ccc(Br)cc2C1=O. The monoisotopic (exact) mass is 396 g/mol. The molecule has 0 unspecified atom stereocenters. The van der Waals surface area contributed by atoms with Crippen LogP contribution < -0.4 is 0 Å². The van der Waals surface area contributed by atoms with E-state index in [2.05, 4.69) is 15.9 Å². The molecule has 0 aromatic heterocycles. The first-order chi connectivity index (χ1) is 11.5. The maximum Gasteiger partial charge on any atom is 0.261 e. The van der Waals surface area contributed by atoms with Gasteiger partial charge in [-0.05, 0) is 24.6 Å². The van der Waals surface area contributed by atoms with Crippen LogP contribution in [0.5, 0.6) is 0 Å². The second-order valence-electron chi connectivity index (χ2n) is 5.66. The van der Waals surface area contributed by atoms with E-state index < -0.39 is 0 Å². The second-order valence-corrected chi connectivity index (χ2v) is 6.58. The topological polar surface area (TPSA) is 77.9 Å². The van der Waals surface area contributed by atoms with Gasteiger partial charge in [0.1, 0.15) is 0 Å². The lowest BCUT2D eigenvalue weighted by Crippen LogP contribution is -2.38. The Morgan fingerprint density at radius 2 is 1.92 bits per heavy atom. The Hall–Kier alpha value is -1.73. The second kappa shape index (κ2) is 8.39. The number of hydrogen-bond acceptors (Lipinski definition) is 4. The fraction of sp³-hybridized carbons (Fsp3) is 0.471. The molecule has 6 nitrogen and oxygen atoms in total. The fourth-order valence-corrected chi connectivity index (χ4v) is 3.02. The van der Waals surface area contributed by atoms with Crippen molar-refractivity contribution < 1.29 is 19.5 Å². The first-order valence-electron chi connectivity index (χ1n) is 8.04. The molecule has 24 heavy (non-hydrogen) atoms. The summed E-state index contributed by atoms with van der Waals surface area (Å²) >= 11 is 3.29. The summed E-state index contributed by atoms with van der Waals surface area (Å²) in [5, 5.41) is 9.08. The molecular weight excluding hydrogens is 376 g/mol. The van der Waals surface area contributed by atoms with Crippen molar-refractivity contribution in [2.45, 2.75) is 26.2 Å². The molecule has 1 N–H and O–H groups in total. The minimum absolute atomic E-state index is 0.0524. The van der Waals surface area contributed by atoms with E-state index in [9.17, 15) is 14.4 Å². The first kappa shape index (κ1) is 18.6. The van der Waals surface area contributed by atoms with Gasteiger partial charge in [0, 0.05) is 30.5 Å². The summed E-state index contributed by atoms with van der Waals surface area (Å²) in [6.07, 6.45) is 1.87. The van der Waals surface area contributed by atoms with Gasteiger partial charge in [0.25, 0.3) is 11.8 Å². The average molecular weight is 397 g/mol. The van der Waals surface area contributed by atoms with Gasteiger partial charge >= 0.3 is 0 Å². The normalized spacial score (nSPS) is 13.4. The Labute approximate surface area is 149 Å². The lowest BCUT2D eigenvalue weighted by Gasteiger charge is -2.22. The zero-order chi connectivity index (χ0) is 17.7. The predicted octanol–water partition coefficient (Wildman–Crippen LogP) is 2.06. The van der Waals surface area contributed by atoms with Crippen LogP contribution >= 0.6 is 15.9 Å². The molecule has 0 spiro atoms. The van der Waals surface area contributed by atoms with Gasteiger partial charge in [0.15, 0.2) is 0 Å². The number of carbonyl (C=O) groups is 3. The van der Waals surface area contributed by atoms with Crippen LogP contribution in [0.1, 0.15) is 46.9 Å². The molecule has 0 fully saturated rings. The number of nitrogens with zero attached hydrogens (tertiary/aromatic N) is 2. The third-order valence-electron chi connectivity index (χ3n) is 3.99. The van der Waals surface area contributed by atoms with Gasteiger partial charge in [-0.1, -0.05) is 29.3 Å². The highest BCUT2D eigenvalue weighted by molar-refractivity contribution is 9.10. The number of imide groups is 1. The summed E-state index contributed by atoms with van der Waals surface area (Å²) in [4.78, 5) is 39.7. The van der Waals surface area contributed by atoms with Gasteiger partial charge in [0.05, 0.1) is 17.7 Å². The van der Waals surface area contributed by atoms with Crippen molar-refractivity contribution in [1.82, 2.24) is 9.80 Å². The van der Waals surface area contributed by atoms with Crippen LogP contribution in [-0.4, -0.2) is 58.9 Å². The van der Waals surface area contributed by atoms with Crippen molar-refractivity contribution in [2.24, 2.45) is 0 Å². The van der Waals surface area contributed by atoms with Crippen molar-refractivity contribution in [2.75, 3.05) is 26.2 Å². The molecule has 0 atom stereocenters. The van der Waals surface area contributed by atoms with E-state index >= 15 is 0 Å². The van der Waals surface area contributed by atoms with Gasteiger partial charge in [-0.2, -0.15) is 0 Å². The third kappa shape index (κ3) is 4.02. The van der Waals surface area contributed by atoms with E-state index in [1.165, 1.54) is 0 Å². The van der Waals surface area contributed by atoms with Gasteiger partial charge in [-0.25, -0.2) is 0 Å². The Morgan fingerprint density at radius 3 is 2.58 bits per heavy atom. The largest absolute Gasteiger partial charge is 0.395 e.